The fraction of sp³-hybridized carbons (Fsp3) is 0.400. The Hall–Kier alpha value is -3.52. The number of H-pyrrole nitrogens is 2. The molecule has 3 N–H and O–H groups in total. The van der Waals surface area contributed by atoms with Gasteiger partial charge in [0.2, 0.25) is 0 Å². The topological polar surface area (TPSA) is 129 Å². The van der Waals surface area contributed by atoms with Crippen molar-refractivity contribution in [1.82, 2.24) is 20.2 Å². The first-order valence-corrected chi connectivity index (χ1v) is 9.24. The number of hydrogen-bond donors (Lipinski definition) is 3. The molecule has 0 atom stereocenters. The summed E-state index contributed by atoms with van der Waals surface area (Å²) in [6.45, 7) is 0.641. The smallest absolute Gasteiger partial charge is 0.270 e. The van der Waals surface area contributed by atoms with Gasteiger partial charge in [-0.25, -0.2) is 0 Å². The van der Waals surface area contributed by atoms with Gasteiger partial charge in [0.1, 0.15) is 34.9 Å². The molecule has 1 aliphatic rings. The monoisotopic (exact) mass is 378 g/mol. The fourth-order valence-electron chi connectivity index (χ4n) is 3.61. The lowest BCUT2D eigenvalue weighted by Gasteiger charge is -2.31. The maximum absolute atomic E-state index is 12.4. The van der Waals surface area contributed by atoms with E-state index in [4.69, 9.17) is 10.5 Å². The molecule has 3 rings (SSSR count). The summed E-state index contributed by atoms with van der Waals surface area (Å²) in [5.74, 6) is 0.0532. The second-order valence-corrected chi connectivity index (χ2v) is 7.17. The largest absolute Gasteiger partial charge is 0.348 e. The third-order valence-electron chi connectivity index (χ3n) is 5.15. The Morgan fingerprint density at radius 2 is 1.61 bits per heavy atom. The minimum absolute atomic E-state index is 0.0974. The van der Waals surface area contributed by atoms with Gasteiger partial charge in [0, 0.05) is 19.6 Å². The molecule has 1 saturated carbocycles. The number of aromatic amines is 2. The first-order chi connectivity index (χ1) is 13.5. The number of hydrogen-bond acceptors (Lipinski definition) is 4. The third-order valence-corrected chi connectivity index (χ3v) is 5.15. The molecule has 2 amide bonds. The van der Waals surface area contributed by atoms with E-state index in [2.05, 4.69) is 15.3 Å². The average molecular weight is 378 g/mol. The van der Waals surface area contributed by atoms with Crippen LogP contribution in [0.1, 0.15) is 58.0 Å². The zero-order valence-electron chi connectivity index (χ0n) is 15.7. The summed E-state index contributed by atoms with van der Waals surface area (Å²) >= 11 is 0. The highest BCUT2D eigenvalue weighted by atomic mass is 16.2. The zero-order chi connectivity index (χ0) is 20.1. The van der Waals surface area contributed by atoms with Crippen LogP contribution in [0.25, 0.3) is 0 Å². The Morgan fingerprint density at radius 3 is 2.18 bits per heavy atom. The summed E-state index contributed by atoms with van der Waals surface area (Å²) in [5.41, 5.74) is 1.55. The minimum atomic E-state index is -0.197. The Morgan fingerprint density at radius 1 is 1.04 bits per heavy atom. The van der Waals surface area contributed by atoms with E-state index < -0.39 is 0 Å². The summed E-state index contributed by atoms with van der Waals surface area (Å²) in [6, 6.07) is 10.5. The first kappa shape index (κ1) is 19.2. The van der Waals surface area contributed by atoms with E-state index in [1.165, 1.54) is 0 Å². The normalized spacial score (nSPS) is 18.7. The van der Waals surface area contributed by atoms with E-state index in [0.717, 1.165) is 25.7 Å². The van der Waals surface area contributed by atoms with Crippen LogP contribution in [0.15, 0.2) is 24.3 Å². The Kier molecular flexibility index (Phi) is 5.81. The van der Waals surface area contributed by atoms with Crippen molar-refractivity contribution >= 4 is 11.8 Å². The maximum atomic E-state index is 12.4. The number of carbonyl (C=O) groups excluding carboxylic acids is 2. The number of carbonyl (C=O) groups is 2. The molecule has 0 aliphatic heterocycles. The lowest BCUT2D eigenvalue weighted by Crippen LogP contribution is -2.40. The standard InChI is InChI=1S/C20H22N6O2/c1-26(20(28)18-9-7-16(11-22)24-18)12-13-2-4-14(5-3-13)25-19(27)17-8-6-15(10-21)23-17/h6-9,13-14,23-24H,2-5,12H2,1H3,(H,25,27). The number of nitriles is 2. The van der Waals surface area contributed by atoms with Crippen molar-refractivity contribution in [2.24, 2.45) is 5.92 Å². The van der Waals surface area contributed by atoms with Gasteiger partial charge in [-0.05, 0) is 55.9 Å². The molecule has 8 heteroatoms. The molecule has 144 valence electrons. The Balaban J connectivity index is 1.46. The van der Waals surface area contributed by atoms with Crippen LogP contribution in [0.5, 0.6) is 0 Å². The molecule has 28 heavy (non-hydrogen) atoms. The van der Waals surface area contributed by atoms with Crippen LogP contribution in [0.3, 0.4) is 0 Å². The van der Waals surface area contributed by atoms with Crippen LogP contribution in [-0.4, -0.2) is 46.3 Å². The van der Waals surface area contributed by atoms with Gasteiger partial charge in [-0.1, -0.05) is 0 Å². The minimum Gasteiger partial charge on any atom is -0.348 e. The zero-order valence-corrected chi connectivity index (χ0v) is 15.7. The molecule has 0 spiro atoms. The fourth-order valence-corrected chi connectivity index (χ4v) is 3.61. The molecule has 0 aromatic carbocycles. The summed E-state index contributed by atoms with van der Waals surface area (Å²) in [6.07, 6.45) is 3.55. The number of rotatable bonds is 5. The highest BCUT2D eigenvalue weighted by Crippen LogP contribution is 2.25. The average Bonchev–Trinajstić information content (AvgIpc) is 3.38. The van der Waals surface area contributed by atoms with Crippen LogP contribution in [-0.2, 0) is 0 Å². The van der Waals surface area contributed by atoms with Crippen LogP contribution in [0.2, 0.25) is 0 Å². The number of aromatic nitrogens is 2. The predicted octanol–water partition coefficient (Wildman–Crippen LogP) is 2.15. The second kappa shape index (κ2) is 8.45. The SMILES string of the molecule is CN(CC1CCC(NC(=O)c2ccc(C#N)[nH]2)CC1)C(=O)c1ccc(C#N)[nH]1. The van der Waals surface area contributed by atoms with Gasteiger partial charge in [-0.3, -0.25) is 9.59 Å². The first-order valence-electron chi connectivity index (χ1n) is 9.24. The summed E-state index contributed by atoms with van der Waals surface area (Å²) < 4.78 is 0. The van der Waals surface area contributed by atoms with Gasteiger partial charge in [0.25, 0.3) is 11.8 Å². The maximum Gasteiger partial charge on any atom is 0.270 e. The van der Waals surface area contributed by atoms with Gasteiger partial charge < -0.3 is 20.2 Å². The van der Waals surface area contributed by atoms with Crippen molar-refractivity contribution in [1.29, 1.82) is 10.5 Å². The molecular weight excluding hydrogens is 356 g/mol. The van der Waals surface area contributed by atoms with E-state index in [1.807, 2.05) is 12.1 Å². The predicted molar refractivity (Wildman–Crippen MR) is 101 cm³/mol. The highest BCUT2D eigenvalue weighted by molar-refractivity contribution is 5.93. The van der Waals surface area contributed by atoms with Gasteiger partial charge in [-0.15, -0.1) is 0 Å². The molecule has 8 nitrogen and oxygen atoms in total. The molecular formula is C20H22N6O2. The lowest BCUT2D eigenvalue weighted by molar-refractivity contribution is 0.0750. The van der Waals surface area contributed by atoms with E-state index in [9.17, 15) is 9.59 Å². The van der Waals surface area contributed by atoms with Crippen molar-refractivity contribution in [2.75, 3.05) is 13.6 Å². The van der Waals surface area contributed by atoms with Crippen molar-refractivity contribution in [3.8, 4) is 12.1 Å². The summed E-state index contributed by atoms with van der Waals surface area (Å²) in [7, 11) is 1.76. The molecule has 1 aliphatic carbocycles. The molecule has 0 unspecified atom stereocenters. The van der Waals surface area contributed by atoms with E-state index in [1.54, 1.807) is 36.2 Å². The van der Waals surface area contributed by atoms with Crippen LogP contribution in [0.4, 0.5) is 0 Å². The van der Waals surface area contributed by atoms with Crippen LogP contribution in [0, 0.1) is 28.6 Å². The molecule has 2 aromatic heterocycles. The Labute approximate surface area is 163 Å². The van der Waals surface area contributed by atoms with Crippen molar-refractivity contribution in [3.63, 3.8) is 0 Å². The number of nitrogens with one attached hydrogen (secondary N) is 3. The van der Waals surface area contributed by atoms with E-state index >= 15 is 0 Å². The van der Waals surface area contributed by atoms with Gasteiger partial charge in [0.15, 0.2) is 0 Å². The van der Waals surface area contributed by atoms with Crippen molar-refractivity contribution in [3.05, 3.63) is 47.0 Å². The number of nitrogens with zero attached hydrogens (tertiary/aromatic N) is 3. The van der Waals surface area contributed by atoms with Gasteiger partial charge >= 0.3 is 0 Å². The highest BCUT2D eigenvalue weighted by Gasteiger charge is 2.25. The van der Waals surface area contributed by atoms with E-state index in [-0.39, 0.29) is 17.9 Å². The molecule has 1 fully saturated rings. The van der Waals surface area contributed by atoms with Crippen molar-refractivity contribution in [2.45, 2.75) is 31.7 Å². The third kappa shape index (κ3) is 4.41. The molecule has 0 saturated heterocycles. The molecule has 0 bridgehead atoms. The second-order valence-electron chi connectivity index (χ2n) is 7.17. The van der Waals surface area contributed by atoms with Gasteiger partial charge in [0.05, 0.1) is 0 Å². The Bertz CT molecular complexity index is 937. The van der Waals surface area contributed by atoms with Gasteiger partial charge in [-0.2, -0.15) is 10.5 Å². The summed E-state index contributed by atoms with van der Waals surface area (Å²) in [5, 5.41) is 20.7. The number of amides is 2. The molecule has 2 heterocycles. The van der Waals surface area contributed by atoms with E-state index in [0.29, 0.717) is 35.2 Å². The molecule has 0 radical (unpaired) electrons. The molecule has 2 aromatic rings. The summed E-state index contributed by atoms with van der Waals surface area (Å²) in [4.78, 5) is 32.0. The van der Waals surface area contributed by atoms with Crippen LogP contribution < -0.4 is 5.32 Å². The lowest BCUT2D eigenvalue weighted by atomic mass is 9.85. The van der Waals surface area contributed by atoms with Crippen molar-refractivity contribution < 1.29 is 9.59 Å². The van der Waals surface area contributed by atoms with Crippen LogP contribution >= 0.6 is 0 Å². The quantitative estimate of drug-likeness (QED) is 0.736.